The number of benzene rings is 1. The molecule has 0 atom stereocenters. The lowest BCUT2D eigenvalue weighted by Crippen LogP contribution is -1.92. The first kappa shape index (κ1) is 10.2. The summed E-state index contributed by atoms with van der Waals surface area (Å²) in [6.45, 7) is 3.78. The third-order valence-electron chi connectivity index (χ3n) is 2.08. The second-order valence-electron chi connectivity index (χ2n) is 3.15. The fraction of sp³-hybridized carbons (Fsp3) is 0.167. The number of aldehydes is 1. The van der Waals surface area contributed by atoms with Crippen LogP contribution in [0, 0.1) is 25.2 Å². The first-order valence-electron chi connectivity index (χ1n) is 4.31. The van der Waals surface area contributed by atoms with Crippen molar-refractivity contribution in [1.29, 1.82) is 5.26 Å². The van der Waals surface area contributed by atoms with E-state index in [0.29, 0.717) is 0 Å². The molecule has 0 aliphatic rings. The van der Waals surface area contributed by atoms with E-state index in [1.807, 2.05) is 32.0 Å². The van der Waals surface area contributed by atoms with Crippen LogP contribution in [0.1, 0.15) is 27.0 Å². The van der Waals surface area contributed by atoms with Gasteiger partial charge in [0, 0.05) is 11.6 Å². The summed E-state index contributed by atoms with van der Waals surface area (Å²) in [5.41, 5.74) is 3.57. The van der Waals surface area contributed by atoms with Gasteiger partial charge in [-0.3, -0.25) is 4.79 Å². The maximum absolute atomic E-state index is 10.7. The zero-order valence-corrected chi connectivity index (χ0v) is 8.24. The van der Waals surface area contributed by atoms with Crippen LogP contribution in [0.2, 0.25) is 0 Å². The second kappa shape index (κ2) is 4.38. The molecule has 14 heavy (non-hydrogen) atoms. The van der Waals surface area contributed by atoms with Crippen LogP contribution in [-0.4, -0.2) is 6.29 Å². The van der Waals surface area contributed by atoms with Crippen molar-refractivity contribution in [2.24, 2.45) is 0 Å². The average Bonchev–Trinajstić information content (AvgIpc) is 2.14. The predicted molar refractivity (Wildman–Crippen MR) is 56.0 cm³/mol. The zero-order chi connectivity index (χ0) is 10.6. The highest BCUT2D eigenvalue weighted by Crippen LogP contribution is 2.15. The molecule has 0 aliphatic heterocycles. The van der Waals surface area contributed by atoms with Crippen LogP contribution in [-0.2, 0) is 0 Å². The van der Waals surface area contributed by atoms with E-state index in [1.54, 1.807) is 6.08 Å². The average molecular weight is 185 g/mol. The second-order valence-corrected chi connectivity index (χ2v) is 3.15. The van der Waals surface area contributed by atoms with E-state index in [0.717, 1.165) is 28.5 Å². The Bertz CT molecular complexity index is 401. The molecule has 0 saturated heterocycles. The highest BCUT2D eigenvalue weighted by Gasteiger charge is 2.01. The Morgan fingerprint density at radius 3 is 2.29 bits per heavy atom. The van der Waals surface area contributed by atoms with Crippen LogP contribution >= 0.6 is 0 Å². The molecule has 0 spiro atoms. The van der Waals surface area contributed by atoms with Crippen molar-refractivity contribution in [3.8, 4) is 6.07 Å². The number of rotatable bonds is 2. The van der Waals surface area contributed by atoms with Crippen molar-refractivity contribution in [1.82, 2.24) is 0 Å². The molecule has 0 N–H and O–H groups in total. The monoisotopic (exact) mass is 185 g/mol. The van der Waals surface area contributed by atoms with E-state index >= 15 is 0 Å². The summed E-state index contributed by atoms with van der Waals surface area (Å²) in [5, 5.41) is 8.37. The molecule has 1 aromatic carbocycles. The normalized spacial score (nSPS) is 10.1. The molecule has 1 rings (SSSR count). The zero-order valence-electron chi connectivity index (χ0n) is 8.24. The minimum absolute atomic E-state index is 0.735. The van der Waals surface area contributed by atoms with Gasteiger partial charge < -0.3 is 0 Å². The summed E-state index contributed by atoms with van der Waals surface area (Å²) in [7, 11) is 0. The Hall–Kier alpha value is -1.88. The van der Waals surface area contributed by atoms with Gasteiger partial charge in [-0.1, -0.05) is 12.1 Å². The third kappa shape index (κ3) is 2.08. The van der Waals surface area contributed by atoms with Gasteiger partial charge in [0.1, 0.15) is 0 Å². The van der Waals surface area contributed by atoms with Crippen LogP contribution < -0.4 is 0 Å². The molecule has 0 heterocycles. The van der Waals surface area contributed by atoms with Gasteiger partial charge in [-0.25, -0.2) is 0 Å². The van der Waals surface area contributed by atoms with Crippen LogP contribution in [0.25, 0.3) is 6.08 Å². The fourth-order valence-electron chi connectivity index (χ4n) is 1.42. The standard InChI is InChI=1S/C12H11NO/c1-9-6-11(4-3-5-13)7-10(2)12(9)8-14/h3-4,6-8H,1-2H3/b4-3+. The molecule has 0 amide bonds. The SMILES string of the molecule is Cc1cc(/C=C/C#N)cc(C)c1C=O. The first-order valence-corrected chi connectivity index (χ1v) is 4.31. The van der Waals surface area contributed by atoms with E-state index in [1.165, 1.54) is 6.08 Å². The van der Waals surface area contributed by atoms with Gasteiger partial charge >= 0.3 is 0 Å². The largest absolute Gasteiger partial charge is 0.298 e. The number of carbonyl (C=O) groups is 1. The number of aryl methyl sites for hydroxylation is 2. The van der Waals surface area contributed by atoms with Gasteiger partial charge in [-0.05, 0) is 36.6 Å². The van der Waals surface area contributed by atoms with Crippen LogP contribution in [0.15, 0.2) is 18.2 Å². The molecule has 0 aromatic heterocycles. The van der Waals surface area contributed by atoms with E-state index in [4.69, 9.17) is 5.26 Å². The molecule has 70 valence electrons. The number of hydrogen-bond donors (Lipinski definition) is 0. The highest BCUT2D eigenvalue weighted by atomic mass is 16.1. The summed E-state index contributed by atoms with van der Waals surface area (Å²) in [5.74, 6) is 0. The lowest BCUT2D eigenvalue weighted by atomic mass is 10.0. The maximum Gasteiger partial charge on any atom is 0.150 e. The molecule has 2 nitrogen and oxygen atoms in total. The van der Waals surface area contributed by atoms with Gasteiger partial charge in [0.05, 0.1) is 6.07 Å². The minimum atomic E-state index is 0.735. The van der Waals surface area contributed by atoms with E-state index < -0.39 is 0 Å². The van der Waals surface area contributed by atoms with E-state index in [-0.39, 0.29) is 0 Å². The Labute approximate surface area is 83.5 Å². The lowest BCUT2D eigenvalue weighted by Gasteiger charge is -2.04. The first-order chi connectivity index (χ1) is 6.69. The summed E-state index contributed by atoms with van der Waals surface area (Å²) in [4.78, 5) is 10.7. The summed E-state index contributed by atoms with van der Waals surface area (Å²) < 4.78 is 0. The van der Waals surface area contributed by atoms with Crippen LogP contribution in [0.5, 0.6) is 0 Å². The van der Waals surface area contributed by atoms with Gasteiger partial charge in [0.15, 0.2) is 6.29 Å². The van der Waals surface area contributed by atoms with Gasteiger partial charge in [-0.2, -0.15) is 5.26 Å². The van der Waals surface area contributed by atoms with Crippen molar-refractivity contribution < 1.29 is 4.79 Å². The quantitative estimate of drug-likeness (QED) is 0.525. The van der Waals surface area contributed by atoms with E-state index in [2.05, 4.69) is 0 Å². The number of hydrogen-bond acceptors (Lipinski definition) is 2. The van der Waals surface area contributed by atoms with Crippen LogP contribution in [0.3, 0.4) is 0 Å². The number of nitriles is 1. The lowest BCUT2D eigenvalue weighted by molar-refractivity contribution is 0.112. The molecule has 0 unspecified atom stereocenters. The van der Waals surface area contributed by atoms with Crippen molar-refractivity contribution >= 4 is 12.4 Å². The Kier molecular flexibility index (Phi) is 3.19. The number of nitrogens with zero attached hydrogens (tertiary/aromatic N) is 1. The Morgan fingerprint density at radius 2 is 1.86 bits per heavy atom. The summed E-state index contributed by atoms with van der Waals surface area (Å²) >= 11 is 0. The maximum atomic E-state index is 10.7. The van der Waals surface area contributed by atoms with Crippen molar-refractivity contribution in [2.75, 3.05) is 0 Å². The molecule has 1 aromatic rings. The van der Waals surface area contributed by atoms with Crippen LogP contribution in [0.4, 0.5) is 0 Å². The molecular formula is C12H11NO. The molecule has 0 fully saturated rings. The third-order valence-corrected chi connectivity index (χ3v) is 2.08. The minimum Gasteiger partial charge on any atom is -0.298 e. The topological polar surface area (TPSA) is 40.9 Å². The molecule has 0 saturated carbocycles. The van der Waals surface area contributed by atoms with Gasteiger partial charge in [0.25, 0.3) is 0 Å². The Balaban J connectivity index is 3.22. The van der Waals surface area contributed by atoms with Gasteiger partial charge in [0.2, 0.25) is 0 Å². The van der Waals surface area contributed by atoms with E-state index in [9.17, 15) is 4.79 Å². The number of carbonyl (C=O) groups excluding carboxylic acids is 1. The summed E-state index contributed by atoms with van der Waals surface area (Å²) in [6, 6.07) is 5.72. The van der Waals surface area contributed by atoms with Gasteiger partial charge in [-0.15, -0.1) is 0 Å². The smallest absolute Gasteiger partial charge is 0.150 e. The molecule has 0 radical (unpaired) electrons. The molecular weight excluding hydrogens is 174 g/mol. The van der Waals surface area contributed by atoms with Crippen molar-refractivity contribution in [2.45, 2.75) is 13.8 Å². The molecule has 2 heteroatoms. The highest BCUT2D eigenvalue weighted by molar-refractivity contribution is 5.80. The van der Waals surface area contributed by atoms with Crippen molar-refractivity contribution in [3.05, 3.63) is 40.5 Å². The fourth-order valence-corrected chi connectivity index (χ4v) is 1.42. The molecule has 0 bridgehead atoms. The predicted octanol–water partition coefficient (Wildman–Crippen LogP) is 2.65. The van der Waals surface area contributed by atoms with Crippen molar-refractivity contribution in [3.63, 3.8) is 0 Å². The molecule has 0 aliphatic carbocycles. The Morgan fingerprint density at radius 1 is 1.29 bits per heavy atom. The number of allylic oxidation sites excluding steroid dienone is 1. The summed E-state index contributed by atoms with van der Waals surface area (Å²) in [6.07, 6.45) is 4.02.